The minimum atomic E-state index is -5.28. The SMILES string of the molecule is CN(C)CC(=O)N1CCN(C(=O)c2ccc(Nc3nccc(-c4ccc(Cl)cc4)n3)cc2OC(=O)C(F)(F)F)CC1. The Morgan fingerprint density at radius 1 is 1.00 bits per heavy atom. The number of amides is 2. The number of piperazine rings is 1. The molecule has 0 spiro atoms. The van der Waals surface area contributed by atoms with Gasteiger partial charge in [0.05, 0.1) is 17.8 Å². The van der Waals surface area contributed by atoms with E-state index in [0.29, 0.717) is 10.7 Å². The first-order chi connectivity index (χ1) is 19.4. The Balaban J connectivity index is 1.55. The lowest BCUT2D eigenvalue weighted by atomic mass is 10.1. The number of nitrogens with one attached hydrogen (secondary N) is 1. The summed E-state index contributed by atoms with van der Waals surface area (Å²) in [5.74, 6) is -3.67. The third-order valence-electron chi connectivity index (χ3n) is 6.07. The minimum Gasteiger partial charge on any atom is -0.419 e. The third kappa shape index (κ3) is 7.70. The Bertz CT molecular complexity index is 1430. The molecule has 1 N–H and O–H groups in total. The van der Waals surface area contributed by atoms with Gasteiger partial charge in [0.2, 0.25) is 11.9 Å². The maximum absolute atomic E-state index is 13.3. The molecule has 2 heterocycles. The first-order valence-electron chi connectivity index (χ1n) is 12.4. The van der Waals surface area contributed by atoms with Crippen LogP contribution in [0, 0.1) is 0 Å². The van der Waals surface area contributed by atoms with Crippen LogP contribution in [-0.2, 0) is 9.59 Å². The molecule has 10 nitrogen and oxygen atoms in total. The molecule has 4 rings (SSSR count). The van der Waals surface area contributed by atoms with E-state index in [1.807, 2.05) is 0 Å². The van der Waals surface area contributed by atoms with Gasteiger partial charge in [-0.3, -0.25) is 9.59 Å². The zero-order chi connectivity index (χ0) is 29.7. The van der Waals surface area contributed by atoms with Crippen molar-refractivity contribution in [2.24, 2.45) is 0 Å². The number of esters is 1. The van der Waals surface area contributed by atoms with E-state index in [2.05, 4.69) is 20.0 Å². The summed E-state index contributed by atoms with van der Waals surface area (Å²) in [5.41, 5.74) is 1.25. The normalized spacial score (nSPS) is 13.7. The average Bonchev–Trinajstić information content (AvgIpc) is 2.92. The zero-order valence-corrected chi connectivity index (χ0v) is 22.9. The number of carbonyl (C=O) groups is 3. The van der Waals surface area contributed by atoms with E-state index in [-0.39, 0.29) is 55.8 Å². The van der Waals surface area contributed by atoms with Crippen LogP contribution in [0.3, 0.4) is 0 Å². The van der Waals surface area contributed by atoms with Crippen LogP contribution in [0.15, 0.2) is 54.7 Å². The van der Waals surface area contributed by atoms with Gasteiger partial charge in [-0.1, -0.05) is 23.7 Å². The second-order valence-corrected chi connectivity index (χ2v) is 9.84. The van der Waals surface area contributed by atoms with Crippen molar-refractivity contribution in [3.05, 3.63) is 65.3 Å². The molecule has 0 bridgehead atoms. The van der Waals surface area contributed by atoms with Crippen molar-refractivity contribution in [2.45, 2.75) is 6.18 Å². The van der Waals surface area contributed by atoms with Gasteiger partial charge in [-0.05, 0) is 44.4 Å². The Morgan fingerprint density at radius 2 is 1.66 bits per heavy atom. The second-order valence-electron chi connectivity index (χ2n) is 9.41. The highest BCUT2D eigenvalue weighted by Crippen LogP contribution is 2.30. The van der Waals surface area contributed by atoms with Crippen LogP contribution in [0.4, 0.5) is 24.8 Å². The summed E-state index contributed by atoms with van der Waals surface area (Å²) in [5, 5.41) is 3.42. The summed E-state index contributed by atoms with van der Waals surface area (Å²) in [6, 6.07) is 12.4. The van der Waals surface area contributed by atoms with E-state index in [0.717, 1.165) is 11.6 Å². The van der Waals surface area contributed by atoms with Gasteiger partial charge in [-0.2, -0.15) is 13.2 Å². The largest absolute Gasteiger partial charge is 0.491 e. The number of hydrogen-bond donors (Lipinski definition) is 1. The molecule has 2 amide bonds. The van der Waals surface area contributed by atoms with Crippen LogP contribution in [0.5, 0.6) is 5.75 Å². The smallest absolute Gasteiger partial charge is 0.419 e. The molecular formula is C27H26ClF3N6O4. The van der Waals surface area contributed by atoms with Crippen molar-refractivity contribution < 1.29 is 32.3 Å². The Hall–Kier alpha value is -4.23. The monoisotopic (exact) mass is 590 g/mol. The molecule has 0 saturated carbocycles. The Labute approximate surface area is 238 Å². The summed E-state index contributed by atoms with van der Waals surface area (Å²) in [4.78, 5) is 50.6. The molecule has 3 aromatic rings. The number of hydrogen-bond acceptors (Lipinski definition) is 8. The van der Waals surface area contributed by atoms with Gasteiger partial charge >= 0.3 is 12.1 Å². The number of carbonyl (C=O) groups excluding carboxylic acids is 3. The lowest BCUT2D eigenvalue weighted by molar-refractivity contribution is -0.189. The lowest BCUT2D eigenvalue weighted by Crippen LogP contribution is -2.52. The van der Waals surface area contributed by atoms with Gasteiger partial charge in [0.1, 0.15) is 5.75 Å². The molecule has 0 atom stereocenters. The van der Waals surface area contributed by atoms with Crippen LogP contribution < -0.4 is 10.1 Å². The van der Waals surface area contributed by atoms with Crippen LogP contribution in [0.1, 0.15) is 10.4 Å². The van der Waals surface area contributed by atoms with Crippen molar-refractivity contribution in [1.82, 2.24) is 24.7 Å². The number of likely N-dealkylation sites (N-methyl/N-ethyl adjacent to an activating group) is 1. The van der Waals surface area contributed by atoms with Gasteiger partial charge in [-0.25, -0.2) is 14.8 Å². The molecule has 14 heteroatoms. The molecule has 1 aromatic heterocycles. The fraction of sp³-hybridized carbons (Fsp3) is 0.296. The molecular weight excluding hydrogens is 565 g/mol. The van der Waals surface area contributed by atoms with Crippen LogP contribution in [0.25, 0.3) is 11.3 Å². The van der Waals surface area contributed by atoms with Crippen molar-refractivity contribution in [3.8, 4) is 17.0 Å². The van der Waals surface area contributed by atoms with Crippen molar-refractivity contribution >= 4 is 41.0 Å². The van der Waals surface area contributed by atoms with Gasteiger partial charge in [0.25, 0.3) is 5.91 Å². The van der Waals surface area contributed by atoms with E-state index in [9.17, 15) is 27.6 Å². The molecule has 1 saturated heterocycles. The van der Waals surface area contributed by atoms with E-state index in [1.54, 1.807) is 54.2 Å². The van der Waals surface area contributed by atoms with E-state index in [1.165, 1.54) is 23.2 Å². The molecule has 0 unspecified atom stereocenters. The van der Waals surface area contributed by atoms with Crippen LogP contribution in [0.2, 0.25) is 5.02 Å². The molecule has 216 valence electrons. The first kappa shape index (κ1) is 29.7. The topological polar surface area (TPSA) is 108 Å². The minimum absolute atomic E-state index is 0.0975. The summed E-state index contributed by atoms with van der Waals surface area (Å²) in [6.07, 6.45) is -3.79. The second kappa shape index (κ2) is 12.5. The number of benzene rings is 2. The summed E-state index contributed by atoms with van der Waals surface area (Å²) in [6.45, 7) is 1.06. The number of ether oxygens (including phenoxy) is 1. The fourth-order valence-corrected chi connectivity index (χ4v) is 4.17. The number of alkyl halides is 3. The zero-order valence-electron chi connectivity index (χ0n) is 22.1. The van der Waals surface area contributed by atoms with Gasteiger partial charge < -0.3 is 24.8 Å². The van der Waals surface area contributed by atoms with Crippen LogP contribution >= 0.6 is 11.6 Å². The predicted molar refractivity (Wildman–Crippen MR) is 145 cm³/mol. The third-order valence-corrected chi connectivity index (χ3v) is 6.32. The quantitative estimate of drug-likeness (QED) is 0.327. The summed E-state index contributed by atoms with van der Waals surface area (Å²) in [7, 11) is 3.53. The van der Waals surface area contributed by atoms with Crippen molar-refractivity contribution in [3.63, 3.8) is 0 Å². The molecule has 1 fully saturated rings. The van der Waals surface area contributed by atoms with E-state index >= 15 is 0 Å². The van der Waals surface area contributed by atoms with Gasteiger partial charge in [0, 0.05) is 54.7 Å². The number of anilines is 2. The van der Waals surface area contributed by atoms with E-state index < -0.39 is 23.8 Å². The lowest BCUT2D eigenvalue weighted by Gasteiger charge is -2.35. The summed E-state index contributed by atoms with van der Waals surface area (Å²) >= 11 is 5.94. The van der Waals surface area contributed by atoms with Crippen molar-refractivity contribution in [1.29, 1.82) is 0 Å². The Morgan fingerprint density at radius 3 is 2.29 bits per heavy atom. The molecule has 2 aromatic carbocycles. The average molecular weight is 591 g/mol. The molecule has 1 aliphatic rings. The first-order valence-corrected chi connectivity index (χ1v) is 12.8. The number of halogens is 4. The van der Waals surface area contributed by atoms with Gasteiger partial charge in [-0.15, -0.1) is 0 Å². The standard InChI is InChI=1S/C27H26ClF3N6O4/c1-35(2)16-23(38)36-11-13-37(14-12-36)24(39)20-8-7-19(15-22(20)41-25(40)27(29,30)31)33-26-32-10-9-21(34-26)17-3-5-18(28)6-4-17/h3-10,15H,11-14,16H2,1-2H3,(H,32,33,34). The number of nitrogens with zero attached hydrogens (tertiary/aromatic N) is 5. The summed E-state index contributed by atoms with van der Waals surface area (Å²) < 4.78 is 43.8. The molecule has 1 aliphatic heterocycles. The molecule has 41 heavy (non-hydrogen) atoms. The number of rotatable bonds is 7. The van der Waals surface area contributed by atoms with Gasteiger partial charge in [0.15, 0.2) is 0 Å². The van der Waals surface area contributed by atoms with Crippen LogP contribution in [-0.4, -0.2) is 95.4 Å². The van der Waals surface area contributed by atoms with Crippen molar-refractivity contribution in [2.75, 3.05) is 52.1 Å². The van der Waals surface area contributed by atoms with E-state index in [4.69, 9.17) is 11.6 Å². The number of aromatic nitrogens is 2. The maximum Gasteiger partial charge on any atom is 0.491 e. The Kier molecular flexibility index (Phi) is 9.08. The fourth-order valence-electron chi connectivity index (χ4n) is 4.05. The predicted octanol–water partition coefficient (Wildman–Crippen LogP) is 3.85. The molecule has 0 radical (unpaired) electrons. The highest BCUT2D eigenvalue weighted by Gasteiger charge is 2.42. The highest BCUT2D eigenvalue weighted by molar-refractivity contribution is 6.30. The maximum atomic E-state index is 13.3. The highest BCUT2D eigenvalue weighted by atomic mass is 35.5. The molecule has 0 aliphatic carbocycles.